The number of carbonyl (C=O) groups is 2. The molecule has 1 atom stereocenters. The first-order valence-corrected chi connectivity index (χ1v) is 9.53. The fourth-order valence-corrected chi connectivity index (χ4v) is 3.49. The predicted molar refractivity (Wildman–Crippen MR) is 110 cm³/mol. The maximum Gasteiger partial charge on any atom is 0.253 e. The first-order chi connectivity index (χ1) is 14.3. The molecule has 0 aliphatic rings. The van der Waals surface area contributed by atoms with E-state index in [0.717, 1.165) is 5.56 Å². The third kappa shape index (κ3) is 4.56. The van der Waals surface area contributed by atoms with Gasteiger partial charge in [-0.3, -0.25) is 9.59 Å². The van der Waals surface area contributed by atoms with Gasteiger partial charge < -0.3 is 15.6 Å². The van der Waals surface area contributed by atoms with Crippen LogP contribution in [0.4, 0.5) is 8.78 Å². The zero-order chi connectivity index (χ0) is 21.8. The Labute approximate surface area is 173 Å². The summed E-state index contributed by atoms with van der Waals surface area (Å²) in [7, 11) is 0. The standard InChI is InChI=1S/C23H23F2N3O2/c1-14-11-19(15(2)28(14)21-6-4-3-5-20(21)25)23(30)27-13-17(22(26)29)12-16-7-9-18(24)10-8-16/h3-11,17H,12-13H2,1-2H3,(H2,26,29)(H,27,30). The summed E-state index contributed by atoms with van der Waals surface area (Å²) < 4.78 is 29.0. The number of nitrogens with two attached hydrogens (primary N) is 1. The molecule has 2 aromatic carbocycles. The van der Waals surface area contributed by atoms with Crippen LogP contribution in [0.3, 0.4) is 0 Å². The molecule has 0 saturated heterocycles. The number of hydrogen-bond donors (Lipinski definition) is 2. The average Bonchev–Trinajstić information content (AvgIpc) is 3.01. The van der Waals surface area contributed by atoms with E-state index in [4.69, 9.17) is 5.73 Å². The van der Waals surface area contributed by atoms with Crippen molar-refractivity contribution in [3.63, 3.8) is 0 Å². The van der Waals surface area contributed by atoms with Crippen molar-refractivity contribution in [2.45, 2.75) is 20.3 Å². The van der Waals surface area contributed by atoms with Crippen LogP contribution in [0.25, 0.3) is 5.69 Å². The highest BCUT2D eigenvalue weighted by Crippen LogP contribution is 2.23. The molecule has 0 spiro atoms. The summed E-state index contributed by atoms with van der Waals surface area (Å²) in [5.41, 5.74) is 8.27. The molecule has 3 rings (SSSR count). The van der Waals surface area contributed by atoms with Gasteiger partial charge in [0.2, 0.25) is 5.91 Å². The van der Waals surface area contributed by atoms with Crippen LogP contribution in [-0.2, 0) is 11.2 Å². The molecule has 0 saturated carbocycles. The van der Waals surface area contributed by atoms with Crippen molar-refractivity contribution >= 4 is 11.8 Å². The van der Waals surface area contributed by atoms with E-state index in [9.17, 15) is 18.4 Å². The topological polar surface area (TPSA) is 77.1 Å². The molecule has 0 fully saturated rings. The number of carbonyl (C=O) groups excluding carboxylic acids is 2. The largest absolute Gasteiger partial charge is 0.369 e. The van der Waals surface area contributed by atoms with E-state index < -0.39 is 11.8 Å². The minimum atomic E-state index is -0.644. The summed E-state index contributed by atoms with van der Waals surface area (Å²) in [6.07, 6.45) is 0.282. The van der Waals surface area contributed by atoms with Crippen LogP contribution in [0.15, 0.2) is 54.6 Å². The van der Waals surface area contributed by atoms with Crippen molar-refractivity contribution in [2.75, 3.05) is 6.54 Å². The zero-order valence-electron chi connectivity index (χ0n) is 16.8. The molecule has 2 amide bonds. The molecule has 0 bridgehead atoms. The average molecular weight is 411 g/mol. The Morgan fingerprint density at radius 3 is 2.37 bits per heavy atom. The monoisotopic (exact) mass is 411 g/mol. The lowest BCUT2D eigenvalue weighted by atomic mass is 9.98. The number of rotatable bonds is 7. The van der Waals surface area contributed by atoms with Crippen LogP contribution in [0.2, 0.25) is 0 Å². The second kappa shape index (κ2) is 8.90. The van der Waals surface area contributed by atoms with Crippen molar-refractivity contribution in [2.24, 2.45) is 11.7 Å². The number of nitrogens with zero attached hydrogens (tertiary/aromatic N) is 1. The van der Waals surface area contributed by atoms with Crippen molar-refractivity contribution in [1.82, 2.24) is 9.88 Å². The highest BCUT2D eigenvalue weighted by Gasteiger charge is 2.21. The van der Waals surface area contributed by atoms with Crippen LogP contribution in [0.1, 0.15) is 27.3 Å². The molecule has 7 heteroatoms. The molecule has 3 aromatic rings. The molecule has 0 aliphatic carbocycles. The number of nitrogens with one attached hydrogen (secondary N) is 1. The molecule has 0 aliphatic heterocycles. The smallest absolute Gasteiger partial charge is 0.253 e. The number of para-hydroxylation sites is 1. The first-order valence-electron chi connectivity index (χ1n) is 9.53. The van der Waals surface area contributed by atoms with Crippen LogP contribution in [0, 0.1) is 31.4 Å². The van der Waals surface area contributed by atoms with Crippen LogP contribution in [0.5, 0.6) is 0 Å². The lowest BCUT2D eigenvalue weighted by Crippen LogP contribution is -2.37. The Hall–Kier alpha value is -3.48. The van der Waals surface area contributed by atoms with Crippen LogP contribution < -0.4 is 11.1 Å². The summed E-state index contributed by atoms with van der Waals surface area (Å²) in [6, 6.07) is 13.8. The highest BCUT2D eigenvalue weighted by molar-refractivity contribution is 5.96. The van der Waals surface area contributed by atoms with Crippen molar-refractivity contribution in [3.05, 3.63) is 88.7 Å². The van der Waals surface area contributed by atoms with Gasteiger partial charge in [-0.25, -0.2) is 8.78 Å². The summed E-state index contributed by atoms with van der Waals surface area (Å²) in [5.74, 6) is -2.34. The van der Waals surface area contributed by atoms with E-state index in [1.807, 2.05) is 0 Å². The summed E-state index contributed by atoms with van der Waals surface area (Å²) in [4.78, 5) is 24.6. The normalized spacial score (nSPS) is 11.9. The van der Waals surface area contributed by atoms with Gasteiger partial charge in [0.25, 0.3) is 5.91 Å². The van der Waals surface area contributed by atoms with Gasteiger partial charge >= 0.3 is 0 Å². The quantitative estimate of drug-likeness (QED) is 0.625. The fourth-order valence-electron chi connectivity index (χ4n) is 3.49. The minimum absolute atomic E-state index is 0.0366. The maximum atomic E-state index is 14.2. The molecular formula is C23H23F2N3O2. The summed E-state index contributed by atoms with van der Waals surface area (Å²) in [6.45, 7) is 3.56. The van der Waals surface area contributed by atoms with Crippen molar-refractivity contribution in [3.8, 4) is 5.69 Å². The van der Waals surface area contributed by atoms with Gasteiger partial charge in [0, 0.05) is 17.9 Å². The van der Waals surface area contributed by atoms with Gasteiger partial charge in [0.15, 0.2) is 0 Å². The molecule has 1 unspecified atom stereocenters. The Kier molecular flexibility index (Phi) is 6.30. The second-order valence-electron chi connectivity index (χ2n) is 7.21. The van der Waals surface area contributed by atoms with E-state index in [1.165, 1.54) is 18.2 Å². The highest BCUT2D eigenvalue weighted by atomic mass is 19.1. The molecule has 156 valence electrons. The maximum absolute atomic E-state index is 14.2. The Bertz CT molecular complexity index is 1070. The third-order valence-corrected chi connectivity index (χ3v) is 5.08. The van der Waals surface area contributed by atoms with Gasteiger partial charge in [0.05, 0.1) is 17.2 Å². The first kappa shape index (κ1) is 21.2. The fraction of sp³-hybridized carbons (Fsp3) is 0.217. The summed E-state index contributed by atoms with van der Waals surface area (Å²) in [5, 5.41) is 2.74. The number of primary amides is 1. The number of aromatic nitrogens is 1. The SMILES string of the molecule is Cc1cc(C(=O)NCC(Cc2ccc(F)cc2)C(N)=O)c(C)n1-c1ccccc1F. The number of hydrogen-bond acceptors (Lipinski definition) is 2. The predicted octanol–water partition coefficient (Wildman–Crippen LogP) is 3.45. The van der Waals surface area contributed by atoms with Crippen LogP contribution in [-0.4, -0.2) is 22.9 Å². The molecule has 0 radical (unpaired) electrons. The van der Waals surface area contributed by atoms with Crippen molar-refractivity contribution < 1.29 is 18.4 Å². The summed E-state index contributed by atoms with van der Waals surface area (Å²) >= 11 is 0. The molecule has 1 aromatic heterocycles. The number of aryl methyl sites for hydroxylation is 1. The van der Waals surface area contributed by atoms with Gasteiger partial charge in [0.1, 0.15) is 11.6 Å². The molecule has 30 heavy (non-hydrogen) atoms. The van der Waals surface area contributed by atoms with Gasteiger partial charge in [-0.2, -0.15) is 0 Å². The van der Waals surface area contributed by atoms with Crippen molar-refractivity contribution in [1.29, 1.82) is 0 Å². The van der Waals surface area contributed by atoms with Gasteiger partial charge in [-0.15, -0.1) is 0 Å². The van der Waals surface area contributed by atoms with E-state index in [0.29, 0.717) is 22.6 Å². The van der Waals surface area contributed by atoms with E-state index in [2.05, 4.69) is 5.32 Å². The van der Waals surface area contributed by atoms with E-state index in [1.54, 1.807) is 54.8 Å². The van der Waals surface area contributed by atoms with Gasteiger partial charge in [-0.05, 0) is 56.2 Å². The molecule has 3 N–H and O–H groups in total. The van der Waals surface area contributed by atoms with E-state index >= 15 is 0 Å². The van der Waals surface area contributed by atoms with Crippen LogP contribution >= 0.6 is 0 Å². The Morgan fingerprint density at radius 2 is 1.73 bits per heavy atom. The third-order valence-electron chi connectivity index (χ3n) is 5.08. The van der Waals surface area contributed by atoms with Gasteiger partial charge in [-0.1, -0.05) is 24.3 Å². The number of amides is 2. The Balaban J connectivity index is 1.75. The lowest BCUT2D eigenvalue weighted by molar-refractivity contribution is -0.121. The minimum Gasteiger partial charge on any atom is -0.369 e. The lowest BCUT2D eigenvalue weighted by Gasteiger charge is -2.15. The number of benzene rings is 2. The molecule has 5 nitrogen and oxygen atoms in total. The molecular weight excluding hydrogens is 388 g/mol. The zero-order valence-corrected chi connectivity index (χ0v) is 16.8. The Morgan fingerprint density at radius 1 is 1.07 bits per heavy atom. The number of halogens is 2. The second-order valence-corrected chi connectivity index (χ2v) is 7.21. The van der Waals surface area contributed by atoms with E-state index in [-0.39, 0.29) is 30.5 Å². The molecule has 1 heterocycles.